The van der Waals surface area contributed by atoms with Crippen LogP contribution in [0.5, 0.6) is 0 Å². The van der Waals surface area contributed by atoms with Crippen LogP contribution in [0.1, 0.15) is 34.8 Å². The third-order valence-corrected chi connectivity index (χ3v) is 4.08. The molecule has 0 aliphatic carbocycles. The molecule has 19 heavy (non-hydrogen) atoms. The van der Waals surface area contributed by atoms with E-state index in [9.17, 15) is 4.79 Å². The molecule has 0 spiro atoms. The first-order chi connectivity index (χ1) is 9.08. The maximum Gasteiger partial charge on any atom is 0.290 e. The van der Waals surface area contributed by atoms with Crippen LogP contribution in [0, 0.1) is 6.92 Å². The van der Waals surface area contributed by atoms with Gasteiger partial charge in [-0.15, -0.1) is 0 Å². The zero-order valence-corrected chi connectivity index (χ0v) is 12.5. The second kappa shape index (κ2) is 4.56. The number of hydrogen-bond donors (Lipinski definition) is 0. The third-order valence-electron chi connectivity index (χ3n) is 3.68. The molecule has 1 unspecified atom stereocenters. The second-order valence-corrected chi connectivity index (χ2v) is 5.65. The Bertz CT molecular complexity index is 629. The van der Waals surface area contributed by atoms with Crippen LogP contribution >= 0.6 is 15.9 Å². The minimum atomic E-state index is -0.0387. The lowest BCUT2D eigenvalue weighted by atomic mass is 10.1. The van der Waals surface area contributed by atoms with Gasteiger partial charge in [-0.3, -0.25) is 4.79 Å². The molecule has 3 heterocycles. The lowest BCUT2D eigenvalue weighted by Crippen LogP contribution is -2.40. The van der Waals surface area contributed by atoms with Gasteiger partial charge in [-0.25, -0.2) is 0 Å². The number of aryl methyl sites for hydroxylation is 1. The summed E-state index contributed by atoms with van der Waals surface area (Å²) in [5.74, 6) is 0.391. The van der Waals surface area contributed by atoms with Gasteiger partial charge in [-0.05, 0) is 48.0 Å². The molecule has 0 bridgehead atoms. The number of halogens is 1. The molecule has 1 aliphatic heterocycles. The van der Waals surface area contributed by atoms with E-state index in [-0.39, 0.29) is 11.9 Å². The monoisotopic (exact) mass is 322 g/mol. The van der Waals surface area contributed by atoms with E-state index in [2.05, 4.69) is 39.7 Å². The normalized spacial score (nSPS) is 18.5. The van der Waals surface area contributed by atoms with Crippen LogP contribution < -0.4 is 0 Å². The largest absolute Gasteiger partial charge is 0.444 e. The molecule has 2 aromatic rings. The number of carbonyl (C=O) groups excluding carboxylic acids is 1. The SMILES string of the molecule is Cc1cc(Br)oc1C(=O)N1CCn2cccc2C1C. The van der Waals surface area contributed by atoms with Gasteiger partial charge in [0.2, 0.25) is 0 Å². The Morgan fingerprint density at radius 3 is 2.95 bits per heavy atom. The number of carbonyl (C=O) groups is 1. The van der Waals surface area contributed by atoms with E-state index in [0.29, 0.717) is 17.0 Å². The molecule has 0 N–H and O–H groups in total. The van der Waals surface area contributed by atoms with Crippen LogP contribution in [0.2, 0.25) is 0 Å². The summed E-state index contributed by atoms with van der Waals surface area (Å²) >= 11 is 3.27. The first-order valence-corrected chi connectivity index (χ1v) is 7.09. The predicted molar refractivity (Wildman–Crippen MR) is 75.0 cm³/mol. The molecule has 5 heteroatoms. The van der Waals surface area contributed by atoms with Crippen molar-refractivity contribution >= 4 is 21.8 Å². The van der Waals surface area contributed by atoms with Crippen molar-refractivity contribution in [2.24, 2.45) is 0 Å². The Hall–Kier alpha value is -1.49. The van der Waals surface area contributed by atoms with Crippen LogP contribution in [-0.4, -0.2) is 21.9 Å². The lowest BCUT2D eigenvalue weighted by Gasteiger charge is -2.34. The van der Waals surface area contributed by atoms with Crippen molar-refractivity contribution in [1.29, 1.82) is 0 Å². The molecule has 3 rings (SSSR count). The number of rotatable bonds is 1. The summed E-state index contributed by atoms with van der Waals surface area (Å²) in [5, 5.41) is 0. The highest BCUT2D eigenvalue weighted by atomic mass is 79.9. The van der Waals surface area contributed by atoms with Gasteiger partial charge in [0, 0.05) is 30.5 Å². The van der Waals surface area contributed by atoms with Crippen molar-refractivity contribution in [2.75, 3.05) is 6.54 Å². The van der Waals surface area contributed by atoms with Crippen LogP contribution in [0.15, 0.2) is 33.5 Å². The topological polar surface area (TPSA) is 38.4 Å². The Morgan fingerprint density at radius 1 is 1.47 bits per heavy atom. The average Bonchev–Trinajstić information content (AvgIpc) is 2.96. The summed E-state index contributed by atoms with van der Waals surface area (Å²) in [6, 6.07) is 5.98. The summed E-state index contributed by atoms with van der Waals surface area (Å²) in [6.07, 6.45) is 2.06. The van der Waals surface area contributed by atoms with Gasteiger partial charge < -0.3 is 13.9 Å². The van der Waals surface area contributed by atoms with Gasteiger partial charge in [0.1, 0.15) is 0 Å². The smallest absolute Gasteiger partial charge is 0.290 e. The van der Waals surface area contributed by atoms with Gasteiger partial charge in [0.05, 0.1) is 6.04 Å². The van der Waals surface area contributed by atoms with Gasteiger partial charge in [-0.1, -0.05) is 0 Å². The minimum absolute atomic E-state index is 0.0387. The molecular formula is C14H15BrN2O2. The summed E-state index contributed by atoms with van der Waals surface area (Å²) in [7, 11) is 0. The minimum Gasteiger partial charge on any atom is -0.444 e. The highest BCUT2D eigenvalue weighted by Gasteiger charge is 2.30. The molecule has 1 aliphatic rings. The Balaban J connectivity index is 1.92. The summed E-state index contributed by atoms with van der Waals surface area (Å²) < 4.78 is 8.26. The molecule has 0 aromatic carbocycles. The van der Waals surface area contributed by atoms with Crippen LogP contribution in [0.4, 0.5) is 0 Å². The molecule has 2 aromatic heterocycles. The number of nitrogens with zero attached hydrogens (tertiary/aromatic N) is 2. The Kier molecular flexibility index (Phi) is 3.01. The molecule has 1 atom stereocenters. The first-order valence-electron chi connectivity index (χ1n) is 6.30. The quantitative estimate of drug-likeness (QED) is 0.807. The van der Waals surface area contributed by atoms with Crippen molar-refractivity contribution in [3.8, 4) is 0 Å². The summed E-state index contributed by atoms with van der Waals surface area (Å²) in [4.78, 5) is 14.4. The Morgan fingerprint density at radius 2 is 2.26 bits per heavy atom. The zero-order chi connectivity index (χ0) is 13.6. The molecule has 0 saturated carbocycles. The van der Waals surface area contributed by atoms with Crippen molar-refractivity contribution in [2.45, 2.75) is 26.4 Å². The van der Waals surface area contributed by atoms with E-state index < -0.39 is 0 Å². The number of aromatic nitrogens is 1. The number of amides is 1. The highest BCUT2D eigenvalue weighted by molar-refractivity contribution is 9.10. The lowest BCUT2D eigenvalue weighted by molar-refractivity contribution is 0.0609. The zero-order valence-electron chi connectivity index (χ0n) is 10.9. The second-order valence-electron chi connectivity index (χ2n) is 4.86. The molecule has 4 nitrogen and oxygen atoms in total. The van der Waals surface area contributed by atoms with Gasteiger partial charge in [0.25, 0.3) is 5.91 Å². The molecule has 0 radical (unpaired) electrons. The molecule has 1 amide bonds. The summed E-state index contributed by atoms with van der Waals surface area (Å²) in [5.41, 5.74) is 2.04. The molecular weight excluding hydrogens is 308 g/mol. The Labute approximate surface area is 120 Å². The highest BCUT2D eigenvalue weighted by Crippen LogP contribution is 2.29. The fourth-order valence-corrected chi connectivity index (χ4v) is 3.15. The van der Waals surface area contributed by atoms with E-state index in [1.807, 2.05) is 24.0 Å². The summed E-state index contributed by atoms with van der Waals surface area (Å²) in [6.45, 7) is 5.48. The fraction of sp³-hybridized carbons (Fsp3) is 0.357. The molecule has 0 saturated heterocycles. The third kappa shape index (κ3) is 2.02. The van der Waals surface area contributed by atoms with E-state index in [1.165, 1.54) is 5.69 Å². The number of hydrogen-bond acceptors (Lipinski definition) is 2. The maximum absolute atomic E-state index is 12.6. The standard InChI is InChI=1S/C14H15BrN2O2/c1-9-8-12(15)19-13(9)14(18)17-7-6-16-5-3-4-11(16)10(17)2/h3-5,8,10H,6-7H2,1-2H3. The van der Waals surface area contributed by atoms with Crippen LogP contribution in [0.25, 0.3) is 0 Å². The van der Waals surface area contributed by atoms with Crippen molar-refractivity contribution in [1.82, 2.24) is 9.47 Å². The van der Waals surface area contributed by atoms with Gasteiger partial charge >= 0.3 is 0 Å². The molecule has 0 fully saturated rings. The first kappa shape index (κ1) is 12.5. The van der Waals surface area contributed by atoms with Crippen LogP contribution in [-0.2, 0) is 6.54 Å². The predicted octanol–water partition coefficient (Wildman–Crippen LogP) is 3.37. The molecule has 100 valence electrons. The van der Waals surface area contributed by atoms with Crippen molar-refractivity contribution in [3.05, 3.63) is 46.1 Å². The van der Waals surface area contributed by atoms with E-state index in [1.54, 1.807) is 0 Å². The van der Waals surface area contributed by atoms with Gasteiger partial charge in [0.15, 0.2) is 10.4 Å². The maximum atomic E-state index is 12.6. The van der Waals surface area contributed by atoms with E-state index in [4.69, 9.17) is 4.42 Å². The van der Waals surface area contributed by atoms with E-state index in [0.717, 1.165) is 12.1 Å². The fourth-order valence-electron chi connectivity index (χ4n) is 2.64. The van der Waals surface area contributed by atoms with Crippen LogP contribution in [0.3, 0.4) is 0 Å². The van der Waals surface area contributed by atoms with E-state index >= 15 is 0 Å². The van der Waals surface area contributed by atoms with Crippen molar-refractivity contribution < 1.29 is 9.21 Å². The number of fused-ring (bicyclic) bond motifs is 1. The van der Waals surface area contributed by atoms with Gasteiger partial charge in [-0.2, -0.15) is 0 Å². The van der Waals surface area contributed by atoms with Crippen molar-refractivity contribution in [3.63, 3.8) is 0 Å². The number of furan rings is 1. The average molecular weight is 323 g/mol.